The van der Waals surface area contributed by atoms with Crippen molar-refractivity contribution in [3.63, 3.8) is 0 Å². The summed E-state index contributed by atoms with van der Waals surface area (Å²) < 4.78 is 26.0. The summed E-state index contributed by atoms with van der Waals surface area (Å²) in [7, 11) is -3.50. The van der Waals surface area contributed by atoms with E-state index in [9.17, 15) is 18.3 Å². The van der Waals surface area contributed by atoms with Gasteiger partial charge < -0.3 is 16.2 Å². The van der Waals surface area contributed by atoms with Crippen molar-refractivity contribution >= 4 is 27.4 Å². The lowest BCUT2D eigenvalue weighted by Gasteiger charge is -2.23. The Kier molecular flexibility index (Phi) is 6.00. The first-order chi connectivity index (χ1) is 12.5. The Bertz CT molecular complexity index is 892. The van der Waals surface area contributed by atoms with Gasteiger partial charge in [-0.05, 0) is 57.5 Å². The minimum atomic E-state index is -3.50. The van der Waals surface area contributed by atoms with Gasteiger partial charge in [-0.25, -0.2) is 8.42 Å². The zero-order valence-corrected chi connectivity index (χ0v) is 16.4. The summed E-state index contributed by atoms with van der Waals surface area (Å²) in [5.74, 6) is -0.644. The monoisotopic (exact) mass is 391 g/mol. The number of anilines is 1. The molecule has 1 aromatic rings. The summed E-state index contributed by atoms with van der Waals surface area (Å²) in [5, 5.41) is 12.3. The Morgan fingerprint density at radius 1 is 1.26 bits per heavy atom. The summed E-state index contributed by atoms with van der Waals surface area (Å²) >= 11 is 0. The molecule has 1 aromatic carbocycles. The maximum absolute atomic E-state index is 12.4. The van der Waals surface area contributed by atoms with Crippen molar-refractivity contribution in [2.45, 2.75) is 31.9 Å². The molecule has 8 heteroatoms. The van der Waals surface area contributed by atoms with Gasteiger partial charge in [-0.1, -0.05) is 12.2 Å². The highest BCUT2D eigenvalue weighted by molar-refractivity contribution is 7.90. The van der Waals surface area contributed by atoms with Crippen molar-refractivity contribution < 1.29 is 18.3 Å². The van der Waals surface area contributed by atoms with E-state index in [4.69, 9.17) is 5.73 Å². The lowest BCUT2D eigenvalue weighted by Crippen LogP contribution is -2.39. The lowest BCUT2D eigenvalue weighted by atomic mass is 9.98. The molecule has 2 rings (SSSR count). The first-order valence-corrected chi connectivity index (χ1v) is 9.95. The zero-order chi connectivity index (χ0) is 20.2. The second kappa shape index (κ2) is 7.87. The molecule has 0 unspecified atom stereocenters. The van der Waals surface area contributed by atoms with Crippen LogP contribution < -0.4 is 15.8 Å². The van der Waals surface area contributed by atoms with Gasteiger partial charge in [-0.15, -0.1) is 0 Å². The van der Waals surface area contributed by atoms with Crippen LogP contribution in [0.1, 0.15) is 32.8 Å². The molecule has 0 fully saturated rings. The van der Waals surface area contributed by atoms with Crippen LogP contribution in [0.2, 0.25) is 0 Å². The molecular weight excluding hydrogens is 366 g/mol. The van der Waals surface area contributed by atoms with Gasteiger partial charge in [0.05, 0.1) is 10.7 Å². The molecule has 1 aliphatic carbocycles. The fourth-order valence-electron chi connectivity index (χ4n) is 2.25. The predicted octanol–water partition coefficient (Wildman–Crippen LogP) is 2.62. The van der Waals surface area contributed by atoms with Crippen molar-refractivity contribution in [2.75, 3.05) is 5.32 Å². The van der Waals surface area contributed by atoms with E-state index < -0.39 is 20.7 Å². The quantitative estimate of drug-likeness (QED) is 0.575. The van der Waals surface area contributed by atoms with E-state index in [1.165, 1.54) is 0 Å². The molecule has 0 radical (unpaired) electrons. The third kappa shape index (κ3) is 5.13. The largest absolute Gasteiger partial charge is 0.506 e. The molecule has 0 aromatic heterocycles. The number of amides is 1. The molecule has 27 heavy (non-hydrogen) atoms. The van der Waals surface area contributed by atoms with E-state index in [-0.39, 0.29) is 11.7 Å². The van der Waals surface area contributed by atoms with Crippen molar-refractivity contribution in [2.24, 2.45) is 11.7 Å². The second-order valence-corrected chi connectivity index (χ2v) is 9.63. The number of nitrogens with two attached hydrogens (primary N) is 1. The highest BCUT2D eigenvalue weighted by Crippen LogP contribution is 2.21. The van der Waals surface area contributed by atoms with E-state index >= 15 is 0 Å². The molecule has 0 aliphatic heterocycles. The number of carbonyl (C=O) groups excluding carboxylic acids is 1. The highest BCUT2D eigenvalue weighted by Gasteiger charge is 2.29. The second-order valence-electron chi connectivity index (χ2n) is 7.20. The van der Waals surface area contributed by atoms with E-state index in [2.05, 4.69) is 10.0 Å². The Balaban J connectivity index is 1.97. The molecule has 0 spiro atoms. The third-order valence-corrected chi connectivity index (χ3v) is 6.22. The maximum atomic E-state index is 12.4. The fraction of sp³-hybridized carbons (Fsp3) is 0.316. The van der Waals surface area contributed by atoms with Crippen molar-refractivity contribution in [3.05, 3.63) is 60.0 Å². The summed E-state index contributed by atoms with van der Waals surface area (Å²) in [4.78, 5) is 12.4. The number of nitrogens with one attached hydrogen (secondary N) is 2. The van der Waals surface area contributed by atoms with Gasteiger partial charge in [0.15, 0.2) is 0 Å². The number of sulfonamides is 1. The van der Waals surface area contributed by atoms with Gasteiger partial charge in [0.1, 0.15) is 5.76 Å². The number of hydrogen-bond acceptors (Lipinski definition) is 5. The van der Waals surface area contributed by atoms with Crippen LogP contribution in [-0.4, -0.2) is 24.2 Å². The smallest absolute Gasteiger partial charge is 0.237 e. The van der Waals surface area contributed by atoms with Gasteiger partial charge in [-0.2, -0.15) is 0 Å². The average molecular weight is 391 g/mol. The average Bonchev–Trinajstić information content (AvgIpc) is 2.61. The molecular formula is C19H25N3O4S. The van der Waals surface area contributed by atoms with E-state index in [0.29, 0.717) is 23.4 Å². The molecule has 5 N–H and O–H groups in total. The Morgan fingerprint density at radius 3 is 2.37 bits per heavy atom. The molecule has 0 heterocycles. The van der Waals surface area contributed by atoms with E-state index in [1.54, 1.807) is 63.3 Å². The van der Waals surface area contributed by atoms with Gasteiger partial charge in [0.25, 0.3) is 0 Å². The minimum absolute atomic E-state index is 0.0431. The van der Waals surface area contributed by atoms with Gasteiger partial charge in [-0.3, -0.25) is 9.52 Å². The summed E-state index contributed by atoms with van der Waals surface area (Å²) in [6, 6.07) is 6.62. The molecule has 1 amide bonds. The number of hydrogen-bond donors (Lipinski definition) is 4. The SMILES string of the molecule is CC(C)(C)S(=O)(=O)NC1=CC[C@H](C(=O)Nc2ccc(/C(O)=C/N)cc2)C=C1. The molecule has 1 atom stereocenters. The third-order valence-electron chi connectivity index (χ3n) is 4.10. The Morgan fingerprint density at radius 2 is 1.89 bits per heavy atom. The van der Waals surface area contributed by atoms with Gasteiger partial charge in [0.2, 0.25) is 15.9 Å². The minimum Gasteiger partial charge on any atom is -0.506 e. The van der Waals surface area contributed by atoms with Crippen LogP contribution in [-0.2, 0) is 14.8 Å². The summed E-state index contributed by atoms with van der Waals surface area (Å²) in [5.41, 5.74) is 6.85. The first kappa shape index (κ1) is 20.6. The fourth-order valence-corrected chi connectivity index (χ4v) is 3.02. The molecule has 0 bridgehead atoms. The molecule has 146 valence electrons. The van der Waals surface area contributed by atoms with Crippen molar-refractivity contribution in [1.82, 2.24) is 4.72 Å². The maximum Gasteiger partial charge on any atom is 0.237 e. The van der Waals surface area contributed by atoms with Crippen molar-refractivity contribution in [3.8, 4) is 0 Å². The standard InChI is InChI=1S/C19H25N3O4S/c1-19(2,3)27(25,26)22-16-10-6-14(7-11-16)18(24)21-15-8-4-13(5-9-15)17(23)12-20/h4-6,8-12,14,22-23H,7,20H2,1-3H3,(H,21,24)/b17-12-/t14-/m1/s1. The molecule has 0 saturated carbocycles. The summed E-state index contributed by atoms with van der Waals surface area (Å²) in [6.07, 6.45) is 6.45. The van der Waals surface area contributed by atoms with E-state index in [1.807, 2.05) is 0 Å². The normalized spacial score (nSPS) is 18.0. The topological polar surface area (TPSA) is 122 Å². The summed E-state index contributed by atoms with van der Waals surface area (Å²) in [6.45, 7) is 4.85. The van der Waals surface area contributed by atoms with Crippen LogP contribution in [0.4, 0.5) is 5.69 Å². The number of aliphatic hydroxyl groups excluding tert-OH is 1. The van der Waals surface area contributed by atoms with Crippen LogP contribution in [0.5, 0.6) is 0 Å². The van der Waals surface area contributed by atoms with Crippen molar-refractivity contribution in [1.29, 1.82) is 0 Å². The number of carbonyl (C=O) groups is 1. The van der Waals surface area contributed by atoms with E-state index in [0.717, 1.165) is 6.20 Å². The molecule has 0 saturated heterocycles. The van der Waals surface area contributed by atoms with Gasteiger partial charge >= 0.3 is 0 Å². The van der Waals surface area contributed by atoms with Crippen LogP contribution >= 0.6 is 0 Å². The number of allylic oxidation sites excluding steroid dienone is 2. The van der Waals surface area contributed by atoms with Crippen LogP contribution in [0.3, 0.4) is 0 Å². The Labute approximate surface area is 159 Å². The number of rotatable bonds is 5. The van der Waals surface area contributed by atoms with Crippen LogP contribution in [0.25, 0.3) is 5.76 Å². The number of aliphatic hydroxyl groups is 1. The van der Waals surface area contributed by atoms with Gasteiger partial charge in [0, 0.05) is 23.1 Å². The zero-order valence-electron chi connectivity index (χ0n) is 15.6. The van der Waals surface area contributed by atoms with Crippen LogP contribution in [0.15, 0.2) is 54.4 Å². The lowest BCUT2D eigenvalue weighted by molar-refractivity contribution is -0.118. The predicted molar refractivity (Wildman–Crippen MR) is 107 cm³/mol. The van der Waals surface area contributed by atoms with Crippen LogP contribution in [0, 0.1) is 5.92 Å². The highest BCUT2D eigenvalue weighted by atomic mass is 32.2. The number of benzene rings is 1. The Hall–Kier alpha value is -2.74. The molecule has 1 aliphatic rings. The first-order valence-electron chi connectivity index (χ1n) is 8.46. The molecule has 7 nitrogen and oxygen atoms in total.